The second-order valence-corrected chi connectivity index (χ2v) is 4.19. The Morgan fingerprint density at radius 2 is 2.35 bits per heavy atom. The second-order valence-electron chi connectivity index (χ2n) is 4.19. The number of hydrogen-bond donors (Lipinski definition) is 2. The van der Waals surface area contributed by atoms with Gasteiger partial charge in [-0.3, -0.25) is 14.8 Å². The van der Waals surface area contributed by atoms with Gasteiger partial charge >= 0.3 is 0 Å². The van der Waals surface area contributed by atoms with Crippen LogP contribution in [0.15, 0.2) is 6.07 Å². The minimum atomic E-state index is 0.00277. The van der Waals surface area contributed by atoms with Crippen molar-refractivity contribution in [1.29, 1.82) is 0 Å². The number of morpholine rings is 1. The summed E-state index contributed by atoms with van der Waals surface area (Å²) in [5, 5.41) is 9.51. The number of aromatic nitrogens is 2. The van der Waals surface area contributed by atoms with Crippen LogP contribution in [0, 0.1) is 6.92 Å². The maximum Gasteiger partial charge on any atom is 0.226 e. The molecule has 1 saturated heterocycles. The number of hydrogen-bond acceptors (Lipinski definition) is 4. The van der Waals surface area contributed by atoms with E-state index in [0.717, 1.165) is 38.5 Å². The number of aromatic amines is 1. The Hall–Kier alpha value is -1.40. The summed E-state index contributed by atoms with van der Waals surface area (Å²) in [6.45, 7) is 6.03. The van der Waals surface area contributed by atoms with Crippen molar-refractivity contribution in [3.8, 4) is 0 Å². The van der Waals surface area contributed by atoms with Gasteiger partial charge in [-0.25, -0.2) is 0 Å². The van der Waals surface area contributed by atoms with E-state index in [1.165, 1.54) is 0 Å². The van der Waals surface area contributed by atoms with E-state index in [0.29, 0.717) is 12.2 Å². The smallest absolute Gasteiger partial charge is 0.226 e. The Kier molecular flexibility index (Phi) is 4.11. The van der Waals surface area contributed by atoms with Gasteiger partial charge in [0.05, 0.1) is 13.2 Å². The van der Waals surface area contributed by atoms with E-state index in [2.05, 4.69) is 20.4 Å². The average Bonchev–Trinajstić information content (AvgIpc) is 2.73. The minimum Gasteiger partial charge on any atom is -0.379 e. The molecule has 1 aromatic rings. The summed E-state index contributed by atoms with van der Waals surface area (Å²) in [4.78, 5) is 13.9. The lowest BCUT2D eigenvalue weighted by Gasteiger charge is -2.26. The van der Waals surface area contributed by atoms with E-state index in [-0.39, 0.29) is 5.91 Å². The zero-order valence-corrected chi connectivity index (χ0v) is 10.0. The largest absolute Gasteiger partial charge is 0.379 e. The Balaban J connectivity index is 1.70. The van der Waals surface area contributed by atoms with Gasteiger partial charge in [-0.15, -0.1) is 0 Å². The van der Waals surface area contributed by atoms with Crippen LogP contribution in [0.4, 0.5) is 5.82 Å². The standard InChI is InChI=1S/C11H18N4O2/c1-9-8-10(14-13-9)12-11(16)2-3-15-4-6-17-7-5-15/h8H,2-7H2,1H3,(H2,12,13,14,16). The quantitative estimate of drug-likeness (QED) is 0.795. The average molecular weight is 238 g/mol. The molecule has 2 heterocycles. The molecule has 6 nitrogen and oxygen atoms in total. The maximum absolute atomic E-state index is 11.6. The van der Waals surface area contributed by atoms with Crippen LogP contribution in [0.2, 0.25) is 0 Å². The Labute approximate surface area is 100 Å². The molecule has 0 radical (unpaired) electrons. The number of carbonyl (C=O) groups excluding carboxylic acids is 1. The number of nitrogens with zero attached hydrogens (tertiary/aromatic N) is 2. The van der Waals surface area contributed by atoms with Crippen LogP contribution in [-0.2, 0) is 9.53 Å². The molecule has 1 aliphatic rings. The highest BCUT2D eigenvalue weighted by Gasteiger charge is 2.12. The van der Waals surface area contributed by atoms with E-state index in [1.807, 2.05) is 13.0 Å². The molecule has 1 aromatic heterocycles. The number of carbonyl (C=O) groups is 1. The van der Waals surface area contributed by atoms with Gasteiger partial charge in [0.15, 0.2) is 5.82 Å². The summed E-state index contributed by atoms with van der Waals surface area (Å²) in [5.41, 5.74) is 0.938. The van der Waals surface area contributed by atoms with Gasteiger partial charge in [0, 0.05) is 37.8 Å². The van der Waals surface area contributed by atoms with Crippen molar-refractivity contribution in [2.45, 2.75) is 13.3 Å². The highest BCUT2D eigenvalue weighted by Crippen LogP contribution is 2.05. The third-order valence-corrected chi connectivity index (χ3v) is 2.73. The van der Waals surface area contributed by atoms with Gasteiger partial charge < -0.3 is 10.1 Å². The van der Waals surface area contributed by atoms with Crippen LogP contribution in [-0.4, -0.2) is 53.9 Å². The van der Waals surface area contributed by atoms with Crippen LogP contribution in [0.25, 0.3) is 0 Å². The molecule has 94 valence electrons. The third-order valence-electron chi connectivity index (χ3n) is 2.73. The molecule has 0 aromatic carbocycles. The lowest BCUT2D eigenvalue weighted by molar-refractivity contribution is -0.116. The number of aryl methyl sites for hydroxylation is 1. The molecule has 0 saturated carbocycles. The van der Waals surface area contributed by atoms with Gasteiger partial charge in [0.2, 0.25) is 5.91 Å². The summed E-state index contributed by atoms with van der Waals surface area (Å²) in [7, 11) is 0. The molecule has 6 heteroatoms. The van der Waals surface area contributed by atoms with Crippen LogP contribution >= 0.6 is 0 Å². The van der Waals surface area contributed by atoms with Crippen molar-refractivity contribution in [3.05, 3.63) is 11.8 Å². The predicted octanol–water partition coefficient (Wildman–Crippen LogP) is 0.379. The Morgan fingerprint density at radius 1 is 1.59 bits per heavy atom. The van der Waals surface area contributed by atoms with Crippen LogP contribution < -0.4 is 5.32 Å². The molecule has 0 spiro atoms. The molecule has 17 heavy (non-hydrogen) atoms. The maximum atomic E-state index is 11.6. The first-order chi connectivity index (χ1) is 8.24. The lowest BCUT2D eigenvalue weighted by atomic mass is 10.3. The number of nitrogens with one attached hydrogen (secondary N) is 2. The van der Waals surface area contributed by atoms with Gasteiger partial charge in [-0.05, 0) is 6.92 Å². The molecule has 0 aliphatic carbocycles. The highest BCUT2D eigenvalue weighted by atomic mass is 16.5. The Bertz CT molecular complexity index is 371. The molecule has 0 atom stereocenters. The number of anilines is 1. The van der Waals surface area contributed by atoms with Crippen molar-refractivity contribution in [2.24, 2.45) is 0 Å². The third kappa shape index (κ3) is 3.83. The molecule has 1 aliphatic heterocycles. The van der Waals surface area contributed by atoms with Crippen molar-refractivity contribution in [2.75, 3.05) is 38.2 Å². The summed E-state index contributed by atoms with van der Waals surface area (Å²) >= 11 is 0. The Morgan fingerprint density at radius 3 is 3.00 bits per heavy atom. The summed E-state index contributed by atoms with van der Waals surface area (Å²) in [6.07, 6.45) is 0.492. The van der Waals surface area contributed by atoms with E-state index >= 15 is 0 Å². The van der Waals surface area contributed by atoms with Crippen molar-refractivity contribution < 1.29 is 9.53 Å². The van der Waals surface area contributed by atoms with E-state index < -0.39 is 0 Å². The van der Waals surface area contributed by atoms with Crippen LogP contribution in [0.1, 0.15) is 12.1 Å². The first-order valence-electron chi connectivity index (χ1n) is 5.86. The normalized spacial score (nSPS) is 17.0. The molecule has 2 N–H and O–H groups in total. The first kappa shape index (κ1) is 12.1. The topological polar surface area (TPSA) is 70.2 Å². The molecule has 1 amide bonds. The summed E-state index contributed by atoms with van der Waals surface area (Å²) in [5.74, 6) is 0.595. The van der Waals surface area contributed by atoms with Gasteiger partial charge in [-0.1, -0.05) is 0 Å². The molecule has 0 unspecified atom stereocenters. The van der Waals surface area contributed by atoms with E-state index in [4.69, 9.17) is 4.74 Å². The SMILES string of the molecule is Cc1cc(NC(=O)CCN2CCOCC2)n[nH]1. The fourth-order valence-electron chi connectivity index (χ4n) is 1.77. The molecular formula is C11H18N4O2. The first-order valence-corrected chi connectivity index (χ1v) is 5.86. The van der Waals surface area contributed by atoms with Crippen molar-refractivity contribution >= 4 is 11.7 Å². The van der Waals surface area contributed by atoms with Gasteiger partial charge in [-0.2, -0.15) is 5.10 Å². The zero-order chi connectivity index (χ0) is 12.1. The van der Waals surface area contributed by atoms with Crippen LogP contribution in [0.3, 0.4) is 0 Å². The summed E-state index contributed by atoms with van der Waals surface area (Å²) < 4.78 is 5.25. The van der Waals surface area contributed by atoms with Gasteiger partial charge in [0.25, 0.3) is 0 Å². The van der Waals surface area contributed by atoms with Gasteiger partial charge in [0.1, 0.15) is 0 Å². The zero-order valence-electron chi connectivity index (χ0n) is 10.0. The summed E-state index contributed by atoms with van der Waals surface area (Å²) in [6, 6.07) is 1.81. The molecule has 1 fully saturated rings. The molecule has 2 rings (SSSR count). The number of H-pyrrole nitrogens is 1. The fourth-order valence-corrected chi connectivity index (χ4v) is 1.77. The van der Waals surface area contributed by atoms with E-state index in [9.17, 15) is 4.79 Å². The monoisotopic (exact) mass is 238 g/mol. The highest BCUT2D eigenvalue weighted by molar-refractivity contribution is 5.89. The minimum absolute atomic E-state index is 0.00277. The predicted molar refractivity (Wildman–Crippen MR) is 63.8 cm³/mol. The number of ether oxygens (including phenoxy) is 1. The van der Waals surface area contributed by atoms with Crippen molar-refractivity contribution in [1.82, 2.24) is 15.1 Å². The molecule has 0 bridgehead atoms. The second kappa shape index (κ2) is 5.79. The van der Waals surface area contributed by atoms with Crippen molar-refractivity contribution in [3.63, 3.8) is 0 Å². The van der Waals surface area contributed by atoms with E-state index in [1.54, 1.807) is 0 Å². The number of rotatable bonds is 4. The lowest BCUT2D eigenvalue weighted by Crippen LogP contribution is -2.38. The molecular weight excluding hydrogens is 220 g/mol. The van der Waals surface area contributed by atoms with Crippen LogP contribution in [0.5, 0.6) is 0 Å². The number of amides is 1. The fraction of sp³-hybridized carbons (Fsp3) is 0.636.